The highest BCUT2D eigenvalue weighted by atomic mass is 127. The molecule has 33 heavy (non-hydrogen) atoms. The fourth-order valence-corrected chi connectivity index (χ4v) is 4.54. The second-order valence-corrected chi connectivity index (χ2v) is 9.31. The summed E-state index contributed by atoms with van der Waals surface area (Å²) in [6.07, 6.45) is 1.71. The molecular weight excluding hydrogens is 575 g/mol. The third-order valence-corrected chi connectivity index (χ3v) is 6.68. The summed E-state index contributed by atoms with van der Waals surface area (Å²) in [6.45, 7) is 0. The number of thioether (sulfide) groups is 1. The van der Waals surface area contributed by atoms with Crippen LogP contribution in [0.1, 0.15) is 15.9 Å². The number of nitrogens with zero attached hydrogens (tertiary/aromatic N) is 1. The van der Waals surface area contributed by atoms with Crippen molar-refractivity contribution in [2.75, 3.05) is 7.11 Å². The number of aliphatic imine (C=N–C) groups is 1. The van der Waals surface area contributed by atoms with Crippen LogP contribution in [0, 0.1) is 3.57 Å². The summed E-state index contributed by atoms with van der Waals surface area (Å²) in [7, 11) is 1.49. The molecule has 1 N–H and O–H groups in total. The van der Waals surface area contributed by atoms with Gasteiger partial charge in [0, 0.05) is 3.57 Å². The highest BCUT2D eigenvalue weighted by molar-refractivity contribution is 14.1. The van der Waals surface area contributed by atoms with Gasteiger partial charge in [-0.1, -0.05) is 41.9 Å². The fourth-order valence-electron chi connectivity index (χ4n) is 2.92. The van der Waals surface area contributed by atoms with Gasteiger partial charge in [0.2, 0.25) is 0 Å². The largest absolute Gasteiger partial charge is 0.493 e. The number of benzene rings is 3. The van der Waals surface area contributed by atoms with Gasteiger partial charge in [0.1, 0.15) is 0 Å². The molecule has 166 valence electrons. The molecule has 0 aromatic heterocycles. The van der Waals surface area contributed by atoms with Gasteiger partial charge in [-0.25, -0.2) is 9.79 Å². The van der Waals surface area contributed by atoms with E-state index in [2.05, 4.69) is 32.9 Å². The van der Waals surface area contributed by atoms with Gasteiger partial charge in [0.15, 0.2) is 16.7 Å². The van der Waals surface area contributed by atoms with E-state index in [-0.39, 0.29) is 11.7 Å². The van der Waals surface area contributed by atoms with Gasteiger partial charge in [-0.2, -0.15) is 0 Å². The van der Waals surface area contributed by atoms with E-state index < -0.39 is 5.97 Å². The predicted molar refractivity (Wildman–Crippen MR) is 139 cm³/mol. The van der Waals surface area contributed by atoms with E-state index in [0.717, 1.165) is 3.57 Å². The van der Waals surface area contributed by atoms with Crippen molar-refractivity contribution >= 4 is 74.8 Å². The number of halogens is 2. The lowest BCUT2D eigenvalue weighted by atomic mass is 10.2. The van der Waals surface area contributed by atoms with Gasteiger partial charge in [0.05, 0.1) is 28.3 Å². The predicted octanol–water partition coefficient (Wildman–Crippen LogP) is 6.06. The first-order valence-corrected chi connectivity index (χ1v) is 11.9. The van der Waals surface area contributed by atoms with Crippen LogP contribution in [0.3, 0.4) is 0 Å². The average Bonchev–Trinajstić information content (AvgIpc) is 3.15. The molecule has 1 aliphatic heterocycles. The zero-order valence-electron chi connectivity index (χ0n) is 17.2. The highest BCUT2D eigenvalue weighted by Gasteiger charge is 2.24. The lowest BCUT2D eigenvalue weighted by Crippen LogP contribution is -2.19. The van der Waals surface area contributed by atoms with Crippen molar-refractivity contribution in [2.45, 2.75) is 0 Å². The SMILES string of the molecule is COc1cc(/C=C2\SC(=Nc3ccccc3Cl)NC2=O)ccc1OC(=O)c1ccccc1I. The molecule has 3 aromatic carbocycles. The Morgan fingerprint density at radius 3 is 2.61 bits per heavy atom. The molecular formula is C24H16ClIN2O4S. The number of amides is 1. The third-order valence-electron chi connectivity index (χ3n) is 4.51. The first-order valence-electron chi connectivity index (χ1n) is 9.63. The Bertz CT molecular complexity index is 1310. The normalized spacial score (nSPS) is 15.5. The molecule has 0 saturated carbocycles. The highest BCUT2D eigenvalue weighted by Crippen LogP contribution is 2.33. The molecule has 3 aromatic rings. The van der Waals surface area contributed by atoms with Crippen LogP contribution in [0.15, 0.2) is 76.6 Å². The number of methoxy groups -OCH3 is 1. The van der Waals surface area contributed by atoms with E-state index in [1.165, 1.54) is 18.9 Å². The smallest absolute Gasteiger partial charge is 0.344 e. The molecule has 0 radical (unpaired) electrons. The maximum Gasteiger partial charge on any atom is 0.344 e. The minimum absolute atomic E-state index is 0.265. The van der Waals surface area contributed by atoms with E-state index >= 15 is 0 Å². The molecule has 0 atom stereocenters. The molecule has 0 aliphatic carbocycles. The van der Waals surface area contributed by atoms with Gasteiger partial charge in [0.25, 0.3) is 5.91 Å². The first-order chi connectivity index (χ1) is 15.9. The molecule has 1 amide bonds. The first kappa shape index (κ1) is 23.3. The van der Waals surface area contributed by atoms with Gasteiger partial charge in [-0.3, -0.25) is 4.79 Å². The second-order valence-electron chi connectivity index (χ2n) is 6.71. The van der Waals surface area contributed by atoms with Crippen LogP contribution in [-0.4, -0.2) is 24.2 Å². The number of nitrogens with one attached hydrogen (secondary N) is 1. The van der Waals surface area contributed by atoms with Crippen molar-refractivity contribution in [1.29, 1.82) is 0 Å². The van der Waals surface area contributed by atoms with Crippen molar-refractivity contribution in [3.05, 3.63) is 91.4 Å². The van der Waals surface area contributed by atoms with Crippen LogP contribution in [0.2, 0.25) is 5.02 Å². The molecule has 1 fully saturated rings. The summed E-state index contributed by atoms with van der Waals surface area (Å²) in [5, 5.41) is 3.67. The summed E-state index contributed by atoms with van der Waals surface area (Å²) in [6, 6.07) is 19.4. The molecule has 1 saturated heterocycles. The lowest BCUT2D eigenvalue weighted by molar-refractivity contribution is -0.115. The van der Waals surface area contributed by atoms with E-state index in [1.807, 2.05) is 24.3 Å². The maximum atomic E-state index is 12.5. The number of esters is 1. The second kappa shape index (κ2) is 10.4. The standard InChI is InChI=1S/C24H16ClIN2O4S/c1-31-20-12-14(10-11-19(20)32-23(30)15-6-2-4-8-17(15)26)13-21-22(29)28-24(33-21)27-18-9-5-3-7-16(18)25/h2-13H,1H3,(H,27,28,29)/b21-13-. The number of para-hydroxylation sites is 1. The number of hydrogen-bond donors (Lipinski definition) is 1. The average molecular weight is 591 g/mol. The number of carbonyl (C=O) groups is 2. The number of rotatable bonds is 5. The van der Waals surface area contributed by atoms with Crippen molar-refractivity contribution < 1.29 is 19.1 Å². The summed E-state index contributed by atoms with van der Waals surface area (Å²) in [4.78, 5) is 29.8. The summed E-state index contributed by atoms with van der Waals surface area (Å²) in [5.41, 5.74) is 1.75. The Kier molecular flexibility index (Phi) is 7.36. The van der Waals surface area contributed by atoms with Crippen LogP contribution < -0.4 is 14.8 Å². The summed E-state index contributed by atoms with van der Waals surface area (Å²) >= 11 is 9.44. The van der Waals surface area contributed by atoms with Gasteiger partial charge in [-0.15, -0.1) is 0 Å². The Hall–Kier alpha value is -2.82. The molecule has 6 nitrogen and oxygen atoms in total. The van der Waals surface area contributed by atoms with E-state index in [4.69, 9.17) is 21.1 Å². The number of hydrogen-bond acceptors (Lipinski definition) is 6. The molecule has 0 spiro atoms. The van der Waals surface area contributed by atoms with Crippen molar-refractivity contribution in [2.24, 2.45) is 4.99 Å². The Labute approximate surface area is 213 Å². The molecule has 1 aliphatic rings. The van der Waals surface area contributed by atoms with E-state index in [9.17, 15) is 9.59 Å². The lowest BCUT2D eigenvalue weighted by Gasteiger charge is -2.11. The van der Waals surface area contributed by atoms with Gasteiger partial charge >= 0.3 is 5.97 Å². The van der Waals surface area contributed by atoms with Crippen molar-refractivity contribution in [3.8, 4) is 11.5 Å². The van der Waals surface area contributed by atoms with Crippen LogP contribution in [0.5, 0.6) is 11.5 Å². The molecule has 4 rings (SSSR count). The summed E-state index contributed by atoms with van der Waals surface area (Å²) < 4.78 is 11.7. The maximum absolute atomic E-state index is 12.5. The zero-order valence-corrected chi connectivity index (χ0v) is 20.9. The number of ether oxygens (including phenoxy) is 2. The Balaban J connectivity index is 1.54. The van der Waals surface area contributed by atoms with Crippen LogP contribution in [0.4, 0.5) is 5.69 Å². The Morgan fingerprint density at radius 1 is 1.09 bits per heavy atom. The molecule has 0 bridgehead atoms. The molecule has 1 heterocycles. The number of amidine groups is 1. The summed E-state index contributed by atoms with van der Waals surface area (Å²) in [5.74, 6) is -0.0831. The molecule has 9 heteroatoms. The minimum Gasteiger partial charge on any atom is -0.493 e. The third kappa shape index (κ3) is 5.58. The quantitative estimate of drug-likeness (QED) is 0.169. The van der Waals surface area contributed by atoms with Crippen molar-refractivity contribution in [3.63, 3.8) is 0 Å². The monoisotopic (exact) mass is 590 g/mol. The fraction of sp³-hybridized carbons (Fsp3) is 0.0417. The van der Waals surface area contributed by atoms with Gasteiger partial charge in [-0.05, 0) is 82.4 Å². The molecule has 0 unspecified atom stereocenters. The minimum atomic E-state index is -0.476. The van der Waals surface area contributed by atoms with Crippen LogP contribution in [0.25, 0.3) is 6.08 Å². The van der Waals surface area contributed by atoms with Crippen LogP contribution >= 0.6 is 46.0 Å². The van der Waals surface area contributed by atoms with Gasteiger partial charge < -0.3 is 14.8 Å². The topological polar surface area (TPSA) is 77.0 Å². The zero-order chi connectivity index (χ0) is 23.4. The van der Waals surface area contributed by atoms with E-state index in [0.29, 0.717) is 37.7 Å². The van der Waals surface area contributed by atoms with E-state index in [1.54, 1.807) is 48.5 Å². The van der Waals surface area contributed by atoms with Crippen molar-refractivity contribution in [1.82, 2.24) is 5.32 Å². The number of carbonyl (C=O) groups excluding carboxylic acids is 2. The Morgan fingerprint density at radius 2 is 1.85 bits per heavy atom. The van der Waals surface area contributed by atoms with Crippen LogP contribution in [-0.2, 0) is 4.79 Å².